The molecule has 4 atom stereocenters. The summed E-state index contributed by atoms with van der Waals surface area (Å²) < 4.78 is 30.8. The van der Waals surface area contributed by atoms with Gasteiger partial charge < -0.3 is 19.9 Å². The van der Waals surface area contributed by atoms with Gasteiger partial charge >= 0.3 is 0 Å². The van der Waals surface area contributed by atoms with Gasteiger partial charge in [-0.2, -0.15) is 0 Å². The van der Waals surface area contributed by atoms with Gasteiger partial charge in [-0.15, -0.1) is 10.2 Å². The van der Waals surface area contributed by atoms with Crippen molar-refractivity contribution in [3.8, 4) is 17.1 Å². The summed E-state index contributed by atoms with van der Waals surface area (Å²) in [6.07, 6.45) is 3.89. The first-order valence-electron chi connectivity index (χ1n) is 10.5. The van der Waals surface area contributed by atoms with Gasteiger partial charge in [0, 0.05) is 37.3 Å². The lowest BCUT2D eigenvalue weighted by Gasteiger charge is -2.43. The van der Waals surface area contributed by atoms with Crippen LogP contribution < -0.4 is 15.8 Å². The molecule has 3 aromatic rings. The van der Waals surface area contributed by atoms with Gasteiger partial charge in [0.25, 0.3) is 5.56 Å². The SMILES string of the molecule is CN(c1cnc(-c2cc3c(F)cn(C)c(=O)c3cc2O)nn1)[C@H]1CC2CC[C@@](C)(N2)[C@H]1F. The maximum atomic E-state index is 15.2. The number of halogens is 2. The van der Waals surface area contributed by atoms with E-state index in [0.717, 1.165) is 23.6 Å². The highest BCUT2D eigenvalue weighted by atomic mass is 19.1. The number of piperidine rings is 1. The Hall–Kier alpha value is -3.14. The topological polar surface area (TPSA) is 96.2 Å². The Morgan fingerprint density at radius 3 is 2.81 bits per heavy atom. The number of nitrogens with zero attached hydrogens (tertiary/aromatic N) is 5. The number of aromatic hydroxyl groups is 1. The molecular formula is C22H24F2N6O2. The number of hydrogen-bond acceptors (Lipinski definition) is 7. The van der Waals surface area contributed by atoms with Crippen LogP contribution in [0.2, 0.25) is 0 Å². The average Bonchev–Trinajstić information content (AvgIpc) is 3.11. The quantitative estimate of drug-likeness (QED) is 0.643. The fraction of sp³-hybridized carbons (Fsp3) is 0.455. The molecule has 2 N–H and O–H groups in total. The van der Waals surface area contributed by atoms with Gasteiger partial charge in [0.15, 0.2) is 11.6 Å². The number of pyridine rings is 1. The summed E-state index contributed by atoms with van der Waals surface area (Å²) in [5.74, 6) is -0.368. The second-order valence-electron chi connectivity index (χ2n) is 9.06. The number of fused-ring (bicyclic) bond motifs is 3. The molecular weight excluding hydrogens is 418 g/mol. The number of nitrogens with one attached hydrogen (secondary N) is 1. The highest BCUT2D eigenvalue weighted by molar-refractivity contribution is 5.89. The van der Waals surface area contributed by atoms with E-state index in [2.05, 4.69) is 20.5 Å². The normalized spacial score (nSPS) is 27.1. The number of alkyl halides is 1. The molecule has 2 aromatic heterocycles. The van der Waals surface area contributed by atoms with Crippen molar-refractivity contribution < 1.29 is 13.9 Å². The Balaban J connectivity index is 1.47. The van der Waals surface area contributed by atoms with Crippen LogP contribution >= 0.6 is 0 Å². The lowest BCUT2D eigenvalue weighted by atomic mass is 9.86. The van der Waals surface area contributed by atoms with Crippen molar-refractivity contribution in [1.82, 2.24) is 25.1 Å². The van der Waals surface area contributed by atoms with Gasteiger partial charge in [-0.05, 0) is 38.3 Å². The third-order valence-electron chi connectivity index (χ3n) is 6.92. The molecule has 8 nitrogen and oxygen atoms in total. The first-order chi connectivity index (χ1) is 15.2. The molecule has 0 aliphatic carbocycles. The van der Waals surface area contributed by atoms with E-state index in [9.17, 15) is 14.3 Å². The van der Waals surface area contributed by atoms with Gasteiger partial charge in [0.1, 0.15) is 17.7 Å². The van der Waals surface area contributed by atoms with Gasteiger partial charge in [-0.25, -0.2) is 13.8 Å². The van der Waals surface area contributed by atoms with Crippen molar-refractivity contribution in [2.75, 3.05) is 11.9 Å². The van der Waals surface area contributed by atoms with Gasteiger partial charge in [-0.1, -0.05) is 0 Å². The molecule has 0 amide bonds. The van der Waals surface area contributed by atoms with Crippen molar-refractivity contribution >= 4 is 16.6 Å². The smallest absolute Gasteiger partial charge is 0.258 e. The number of anilines is 1. The van der Waals surface area contributed by atoms with Crippen molar-refractivity contribution in [2.45, 2.75) is 50.0 Å². The largest absolute Gasteiger partial charge is 0.507 e. The van der Waals surface area contributed by atoms with Crippen molar-refractivity contribution in [2.24, 2.45) is 7.05 Å². The fourth-order valence-corrected chi connectivity index (χ4v) is 5.02. The number of phenols is 1. The lowest BCUT2D eigenvalue weighted by molar-refractivity contribution is 0.111. The lowest BCUT2D eigenvalue weighted by Crippen LogP contribution is -2.62. The summed E-state index contributed by atoms with van der Waals surface area (Å²) in [5, 5.41) is 22.2. The maximum Gasteiger partial charge on any atom is 0.258 e. The molecule has 32 heavy (non-hydrogen) atoms. The molecule has 1 unspecified atom stereocenters. The first kappa shape index (κ1) is 20.7. The Bertz CT molecular complexity index is 1260. The van der Waals surface area contributed by atoms with E-state index >= 15 is 4.39 Å². The third-order valence-corrected chi connectivity index (χ3v) is 6.92. The van der Waals surface area contributed by atoms with Crippen LogP contribution in [0.1, 0.15) is 26.2 Å². The van der Waals surface area contributed by atoms with Crippen LogP contribution in [0.4, 0.5) is 14.6 Å². The van der Waals surface area contributed by atoms with Crippen LogP contribution in [0.15, 0.2) is 29.3 Å². The molecule has 10 heteroatoms. The van der Waals surface area contributed by atoms with E-state index < -0.39 is 23.1 Å². The second kappa shape index (κ2) is 7.19. The molecule has 5 rings (SSSR count). The third kappa shape index (κ3) is 3.12. The molecule has 0 radical (unpaired) electrons. The number of rotatable bonds is 3. The standard InChI is InChI=1S/C22H24F2N6O2/c1-22-5-4-11(26-22)6-16(19(22)24)30(3)18-9-25-20(28-27-18)14-7-12-13(8-17(14)31)21(32)29(2)10-15(12)23/h7-11,16,19,26,31H,4-6H2,1-3H3/t11?,16-,19-,22+/m0/s1. The summed E-state index contributed by atoms with van der Waals surface area (Å²) in [6, 6.07) is 2.47. The Labute approximate surface area is 182 Å². The highest BCUT2D eigenvalue weighted by Gasteiger charge is 2.51. The van der Waals surface area contributed by atoms with Crippen molar-refractivity contribution in [3.63, 3.8) is 0 Å². The predicted molar refractivity (Wildman–Crippen MR) is 116 cm³/mol. The van der Waals surface area contributed by atoms with Crippen LogP contribution in [0.25, 0.3) is 22.2 Å². The molecule has 2 aliphatic rings. The molecule has 2 bridgehead atoms. The zero-order valence-corrected chi connectivity index (χ0v) is 18.0. The van der Waals surface area contributed by atoms with Crippen LogP contribution in [0, 0.1) is 5.82 Å². The minimum Gasteiger partial charge on any atom is -0.507 e. The minimum atomic E-state index is -1.07. The Kier molecular flexibility index (Phi) is 4.66. The first-order valence-corrected chi connectivity index (χ1v) is 10.5. The van der Waals surface area contributed by atoms with E-state index in [1.165, 1.54) is 25.4 Å². The molecule has 1 aromatic carbocycles. The number of aromatic nitrogens is 4. The van der Waals surface area contributed by atoms with Crippen LogP contribution in [0.3, 0.4) is 0 Å². The molecule has 0 saturated carbocycles. The van der Waals surface area contributed by atoms with Crippen LogP contribution in [-0.2, 0) is 7.05 Å². The van der Waals surface area contributed by atoms with E-state index in [-0.39, 0.29) is 40.0 Å². The molecule has 168 valence electrons. The fourth-order valence-electron chi connectivity index (χ4n) is 5.02. The predicted octanol–water partition coefficient (Wildman–Crippen LogP) is 2.29. The maximum absolute atomic E-state index is 15.2. The van der Waals surface area contributed by atoms with Gasteiger partial charge in [0.05, 0.1) is 23.2 Å². The molecule has 0 spiro atoms. The van der Waals surface area contributed by atoms with Gasteiger partial charge in [0.2, 0.25) is 0 Å². The highest BCUT2D eigenvalue weighted by Crippen LogP contribution is 2.40. The summed E-state index contributed by atoms with van der Waals surface area (Å²) >= 11 is 0. The molecule has 2 fully saturated rings. The van der Waals surface area contributed by atoms with Gasteiger partial charge in [-0.3, -0.25) is 4.79 Å². The number of hydrogen-bond donors (Lipinski definition) is 2. The minimum absolute atomic E-state index is 0.0566. The average molecular weight is 442 g/mol. The summed E-state index contributed by atoms with van der Waals surface area (Å²) in [7, 11) is 3.21. The molecule has 2 saturated heterocycles. The summed E-state index contributed by atoms with van der Waals surface area (Å²) in [6.45, 7) is 1.92. The number of phenolic OH excluding ortho intramolecular Hbond substituents is 1. The second-order valence-corrected chi connectivity index (χ2v) is 9.06. The number of aryl methyl sites for hydroxylation is 1. The Morgan fingerprint density at radius 1 is 1.31 bits per heavy atom. The van der Waals surface area contributed by atoms with E-state index in [1.807, 2.05) is 6.92 Å². The zero-order chi connectivity index (χ0) is 22.8. The summed E-state index contributed by atoms with van der Waals surface area (Å²) in [5.41, 5.74) is -0.812. The van der Waals surface area contributed by atoms with Crippen LogP contribution in [-0.4, -0.2) is 55.7 Å². The monoisotopic (exact) mass is 442 g/mol. The Morgan fingerprint density at radius 2 is 2.09 bits per heavy atom. The zero-order valence-electron chi connectivity index (χ0n) is 18.0. The van der Waals surface area contributed by atoms with E-state index in [4.69, 9.17) is 0 Å². The molecule has 4 heterocycles. The number of benzene rings is 1. The molecule has 2 aliphatic heterocycles. The van der Waals surface area contributed by atoms with E-state index in [1.54, 1.807) is 11.9 Å². The van der Waals surface area contributed by atoms with Crippen molar-refractivity contribution in [1.29, 1.82) is 0 Å². The van der Waals surface area contributed by atoms with Crippen LogP contribution in [0.5, 0.6) is 5.75 Å². The van der Waals surface area contributed by atoms with Crippen molar-refractivity contribution in [3.05, 3.63) is 40.7 Å². The summed E-state index contributed by atoms with van der Waals surface area (Å²) in [4.78, 5) is 18.3. The van der Waals surface area contributed by atoms with E-state index in [0.29, 0.717) is 12.2 Å².